The molecule has 0 fully saturated rings. The van der Waals surface area contributed by atoms with Crippen molar-refractivity contribution in [2.24, 2.45) is 0 Å². The molecular weight excluding hydrogens is 781 g/mol. The second kappa shape index (κ2) is 14.2. The number of para-hydroxylation sites is 4. The number of nitrogens with zero attached hydrogens (tertiary/aromatic N) is 2. The van der Waals surface area contributed by atoms with Crippen molar-refractivity contribution in [1.29, 1.82) is 0 Å². The lowest BCUT2D eigenvalue weighted by atomic mass is 9.93. The third-order valence-corrected chi connectivity index (χ3v) is 12.9. The van der Waals surface area contributed by atoms with Gasteiger partial charge in [0, 0.05) is 55.8 Å². The van der Waals surface area contributed by atoms with Crippen LogP contribution in [0.15, 0.2) is 228 Å². The second-order valence-corrected chi connectivity index (χ2v) is 16.6. The van der Waals surface area contributed by atoms with Gasteiger partial charge in [0.15, 0.2) is 0 Å². The van der Waals surface area contributed by atoms with Crippen LogP contribution in [-0.2, 0) is 0 Å². The summed E-state index contributed by atoms with van der Waals surface area (Å²) in [6, 6.07) is 73.5. The van der Waals surface area contributed by atoms with E-state index >= 15 is 0 Å². The Balaban J connectivity index is 1.07. The van der Waals surface area contributed by atoms with Crippen molar-refractivity contribution in [2.45, 2.75) is 0 Å². The zero-order valence-corrected chi connectivity index (χ0v) is 34.7. The average Bonchev–Trinajstić information content (AvgIpc) is 4.03. The molecule has 0 saturated heterocycles. The number of aromatic nitrogens is 1. The van der Waals surface area contributed by atoms with Crippen molar-refractivity contribution in [3.63, 3.8) is 0 Å². The maximum Gasteiger partial charge on any atom is 0.145 e. The topological polar surface area (TPSA) is 34.5 Å². The smallest absolute Gasteiger partial charge is 0.145 e. The van der Waals surface area contributed by atoms with Crippen molar-refractivity contribution in [1.82, 2.24) is 4.57 Å². The summed E-state index contributed by atoms with van der Waals surface area (Å²) in [6.45, 7) is 4.63. The van der Waals surface area contributed by atoms with Crippen molar-refractivity contribution in [3.8, 4) is 39.1 Å². The molecule has 0 unspecified atom stereocenters. The number of anilines is 2. The Bertz CT molecular complexity index is 3860. The van der Waals surface area contributed by atoms with Crippen LogP contribution < -0.4 is 4.90 Å². The van der Waals surface area contributed by atoms with E-state index in [1.807, 2.05) is 18.2 Å². The predicted molar refractivity (Wildman–Crippen MR) is 266 cm³/mol. The molecule has 300 valence electrons. The van der Waals surface area contributed by atoms with E-state index in [1.165, 1.54) is 0 Å². The first kappa shape index (κ1) is 36.1. The third kappa shape index (κ3) is 5.63. The molecule has 0 amide bonds. The Morgan fingerprint density at radius 3 is 1.69 bits per heavy atom. The monoisotopic (exact) mass is 818 g/mol. The van der Waals surface area contributed by atoms with Gasteiger partial charge in [0.25, 0.3) is 0 Å². The molecule has 0 N–H and O–H groups in total. The highest BCUT2D eigenvalue weighted by atomic mass is 16.3. The lowest BCUT2D eigenvalue weighted by Crippen LogP contribution is -2.12. The van der Waals surface area contributed by atoms with Gasteiger partial charge >= 0.3 is 0 Å². The summed E-state index contributed by atoms with van der Waals surface area (Å²) in [5.41, 5.74) is 17.6. The number of hydrogen-bond donors (Lipinski definition) is 0. The van der Waals surface area contributed by atoms with Crippen LogP contribution in [0.25, 0.3) is 105 Å². The Labute approximate surface area is 369 Å². The first-order valence-corrected chi connectivity index (χ1v) is 21.7. The zero-order valence-electron chi connectivity index (χ0n) is 34.7. The van der Waals surface area contributed by atoms with E-state index in [-0.39, 0.29) is 0 Å². The number of benzene rings is 9. The predicted octanol–water partition coefficient (Wildman–Crippen LogP) is 16.6. The molecule has 0 saturated carbocycles. The van der Waals surface area contributed by atoms with Gasteiger partial charge in [-0.2, -0.15) is 0 Å². The molecule has 1 aliphatic rings. The van der Waals surface area contributed by atoms with Crippen molar-refractivity contribution < 1.29 is 8.83 Å². The molecule has 4 heterocycles. The molecule has 0 atom stereocenters. The normalized spacial score (nSPS) is 13.1. The molecule has 4 nitrogen and oxygen atoms in total. The number of rotatable bonds is 5. The van der Waals surface area contributed by atoms with E-state index in [9.17, 15) is 0 Å². The van der Waals surface area contributed by atoms with E-state index < -0.39 is 0 Å². The maximum absolute atomic E-state index is 6.69. The molecule has 12 aromatic rings. The van der Waals surface area contributed by atoms with E-state index in [0.717, 1.165) is 128 Å². The molecular formula is C60H38N2O2. The van der Waals surface area contributed by atoms with Gasteiger partial charge in [-0.05, 0) is 112 Å². The fourth-order valence-corrected chi connectivity index (χ4v) is 9.90. The van der Waals surface area contributed by atoms with Crippen molar-refractivity contribution in [2.75, 3.05) is 4.90 Å². The summed E-state index contributed by atoms with van der Waals surface area (Å²) in [7, 11) is 0. The fraction of sp³-hybridized carbons (Fsp3) is 0. The van der Waals surface area contributed by atoms with E-state index in [0.29, 0.717) is 0 Å². The molecule has 13 rings (SSSR count). The summed E-state index contributed by atoms with van der Waals surface area (Å²) < 4.78 is 15.6. The lowest BCUT2D eigenvalue weighted by molar-refractivity contribution is 0.599. The van der Waals surface area contributed by atoms with Crippen LogP contribution in [0.3, 0.4) is 0 Å². The minimum absolute atomic E-state index is 0.791. The van der Waals surface area contributed by atoms with Crippen LogP contribution in [0.2, 0.25) is 0 Å². The average molecular weight is 819 g/mol. The Morgan fingerprint density at radius 1 is 0.406 bits per heavy atom. The summed E-state index contributed by atoms with van der Waals surface area (Å²) in [5.74, 6) is 0.791. The van der Waals surface area contributed by atoms with Gasteiger partial charge in [0.2, 0.25) is 0 Å². The van der Waals surface area contributed by atoms with Crippen LogP contribution in [0.1, 0.15) is 16.9 Å². The van der Waals surface area contributed by atoms with Gasteiger partial charge in [-0.1, -0.05) is 140 Å². The SMILES string of the molecule is C=C1c2ccccc2N(c2cc(-c3ccccc3)cc(-c3cc(-c4ccccc4)cc(-n4c5ccccc5c5c6oc7ccccc7c6ccc54)c3)c2)/C=C\c2c1oc1ccccc21. The molecule has 4 heteroatoms. The van der Waals surface area contributed by atoms with Crippen molar-refractivity contribution >= 4 is 77.7 Å². The summed E-state index contributed by atoms with van der Waals surface area (Å²) in [5, 5.41) is 5.57. The largest absolute Gasteiger partial charge is 0.455 e. The highest BCUT2D eigenvalue weighted by molar-refractivity contribution is 6.24. The Kier molecular flexibility index (Phi) is 8.03. The first-order valence-electron chi connectivity index (χ1n) is 21.7. The lowest BCUT2D eigenvalue weighted by Gasteiger charge is -2.27. The molecule has 1 aliphatic heterocycles. The van der Waals surface area contributed by atoms with Crippen LogP contribution in [-0.4, -0.2) is 4.57 Å². The molecule has 9 aromatic carbocycles. The maximum atomic E-state index is 6.69. The first-order chi connectivity index (χ1) is 31.6. The summed E-state index contributed by atoms with van der Waals surface area (Å²) in [6.07, 6.45) is 4.36. The Morgan fingerprint density at radius 2 is 0.969 bits per heavy atom. The Hall–Kier alpha value is -8.60. The fourth-order valence-electron chi connectivity index (χ4n) is 9.90. The standard InChI is InChI=1S/C60H38N2O2/c1-38-47-20-8-12-24-53(47)61(31-30-51-49-22-11-14-26-56(49)63-59(38)51)45-34-41(39-16-4-2-5-17-39)32-43(35-45)44-33-42(40-18-6-3-7-19-40)36-46(37-44)62-54-25-13-9-23-52(54)58-55(62)29-28-50-48-21-10-15-27-57(48)64-60(50)58/h2-37H,1H2/b31-30-. The zero-order chi connectivity index (χ0) is 42.3. The minimum atomic E-state index is 0.791. The molecule has 64 heavy (non-hydrogen) atoms. The summed E-state index contributed by atoms with van der Waals surface area (Å²) in [4.78, 5) is 2.30. The van der Waals surface area contributed by atoms with Crippen molar-refractivity contribution in [3.05, 3.63) is 236 Å². The van der Waals surface area contributed by atoms with Gasteiger partial charge in [-0.25, -0.2) is 0 Å². The summed E-state index contributed by atoms with van der Waals surface area (Å²) >= 11 is 0. The number of fused-ring (bicyclic) bond motifs is 11. The van der Waals surface area contributed by atoms with Gasteiger partial charge < -0.3 is 18.3 Å². The van der Waals surface area contributed by atoms with Crippen LogP contribution in [0.5, 0.6) is 0 Å². The van der Waals surface area contributed by atoms with Crippen LogP contribution in [0, 0.1) is 0 Å². The van der Waals surface area contributed by atoms with E-state index in [2.05, 4.69) is 216 Å². The number of hydrogen-bond acceptors (Lipinski definition) is 3. The van der Waals surface area contributed by atoms with Gasteiger partial charge in [-0.15, -0.1) is 0 Å². The van der Waals surface area contributed by atoms with Gasteiger partial charge in [0.05, 0.1) is 22.1 Å². The van der Waals surface area contributed by atoms with E-state index in [1.54, 1.807) is 0 Å². The molecule has 3 aromatic heterocycles. The molecule has 0 spiro atoms. The second-order valence-electron chi connectivity index (χ2n) is 16.6. The molecule has 0 bridgehead atoms. The quantitative estimate of drug-likeness (QED) is 0.173. The van der Waals surface area contributed by atoms with Gasteiger partial charge in [-0.3, -0.25) is 0 Å². The third-order valence-electron chi connectivity index (χ3n) is 12.9. The van der Waals surface area contributed by atoms with Crippen LogP contribution in [0.4, 0.5) is 11.4 Å². The minimum Gasteiger partial charge on any atom is -0.455 e. The van der Waals surface area contributed by atoms with E-state index in [4.69, 9.17) is 8.83 Å². The van der Waals surface area contributed by atoms with Gasteiger partial charge in [0.1, 0.15) is 22.5 Å². The highest BCUT2D eigenvalue weighted by Crippen LogP contribution is 2.45. The molecule has 0 radical (unpaired) electrons. The highest BCUT2D eigenvalue weighted by Gasteiger charge is 2.24. The number of furan rings is 2. The molecule has 0 aliphatic carbocycles. The van der Waals surface area contributed by atoms with Crippen LogP contribution >= 0.6 is 0 Å².